The van der Waals surface area contributed by atoms with Gasteiger partial charge in [0.15, 0.2) is 0 Å². The van der Waals surface area contributed by atoms with E-state index in [-0.39, 0.29) is 24.0 Å². The van der Waals surface area contributed by atoms with E-state index < -0.39 is 0 Å². The van der Waals surface area contributed by atoms with Gasteiger partial charge < -0.3 is 19.9 Å². The van der Waals surface area contributed by atoms with Crippen molar-refractivity contribution in [1.82, 2.24) is 15.1 Å². The number of ether oxygens (including phenoxy) is 1. The molecule has 3 rings (SSSR count). The molecule has 2 aliphatic rings. The van der Waals surface area contributed by atoms with Gasteiger partial charge in [0, 0.05) is 13.1 Å². The fourth-order valence-electron chi connectivity index (χ4n) is 3.91. The quantitative estimate of drug-likeness (QED) is 0.875. The number of hydrogen-bond donors (Lipinski definition) is 1. The lowest BCUT2D eigenvalue weighted by Crippen LogP contribution is -2.50. The van der Waals surface area contributed by atoms with E-state index in [4.69, 9.17) is 4.74 Å². The molecule has 1 N–H and O–H groups in total. The number of amides is 2. The Kier molecular flexibility index (Phi) is 6.48. The van der Waals surface area contributed by atoms with Crippen LogP contribution in [0, 0.1) is 5.82 Å². The van der Waals surface area contributed by atoms with Crippen molar-refractivity contribution in [2.24, 2.45) is 0 Å². The first kappa shape index (κ1) is 19.1. The maximum Gasteiger partial charge on any atom is 0.318 e. The molecule has 2 amide bonds. The molecule has 0 spiro atoms. The minimum absolute atomic E-state index is 0.0620. The smallest absolute Gasteiger partial charge is 0.318 e. The van der Waals surface area contributed by atoms with Crippen LogP contribution in [0.25, 0.3) is 0 Å². The minimum atomic E-state index is -0.159. The normalized spacial score (nSPS) is 23.0. The van der Waals surface area contributed by atoms with E-state index in [0.29, 0.717) is 19.7 Å². The Morgan fingerprint density at radius 2 is 2.27 bits per heavy atom. The molecule has 1 aliphatic heterocycles. The molecular weight excluding hydrogens is 333 g/mol. The van der Waals surface area contributed by atoms with Gasteiger partial charge in [-0.1, -0.05) is 12.1 Å². The first-order chi connectivity index (χ1) is 12.5. The molecule has 1 aromatic carbocycles. The number of carbonyl (C=O) groups is 1. The second-order valence-electron chi connectivity index (χ2n) is 7.59. The van der Waals surface area contributed by atoms with Crippen molar-refractivity contribution in [3.8, 4) is 0 Å². The van der Waals surface area contributed by atoms with Crippen LogP contribution in [0.4, 0.5) is 9.18 Å². The molecule has 1 fully saturated rings. The van der Waals surface area contributed by atoms with Gasteiger partial charge in [-0.2, -0.15) is 0 Å². The number of halogens is 1. The van der Waals surface area contributed by atoms with Gasteiger partial charge in [0.2, 0.25) is 0 Å². The van der Waals surface area contributed by atoms with Crippen molar-refractivity contribution in [2.45, 2.75) is 44.2 Å². The zero-order valence-corrected chi connectivity index (χ0v) is 15.8. The third-order valence-corrected chi connectivity index (χ3v) is 5.31. The largest absolute Gasteiger partial charge is 0.375 e. The fourth-order valence-corrected chi connectivity index (χ4v) is 3.91. The second kappa shape index (κ2) is 8.82. The van der Waals surface area contributed by atoms with Crippen molar-refractivity contribution in [3.05, 3.63) is 35.1 Å². The fraction of sp³-hybridized carbons (Fsp3) is 0.650. The molecule has 0 bridgehead atoms. The highest BCUT2D eigenvalue weighted by atomic mass is 19.1. The Morgan fingerprint density at radius 1 is 1.42 bits per heavy atom. The maximum atomic E-state index is 14.0. The first-order valence-electron chi connectivity index (χ1n) is 9.63. The first-order valence-corrected chi connectivity index (χ1v) is 9.63. The lowest BCUT2D eigenvalue weighted by molar-refractivity contribution is -0.0197. The van der Waals surface area contributed by atoms with Crippen LogP contribution >= 0.6 is 0 Å². The molecular formula is C20H30FN3O2. The number of urea groups is 1. The number of carbonyl (C=O) groups excluding carboxylic acids is 1. The number of hydrogen-bond acceptors (Lipinski definition) is 3. The molecule has 144 valence electrons. The summed E-state index contributed by atoms with van der Waals surface area (Å²) in [6, 6.07) is 5.01. The Labute approximate surface area is 155 Å². The summed E-state index contributed by atoms with van der Waals surface area (Å²) in [5.41, 5.74) is 1.69. The molecule has 1 aliphatic carbocycles. The number of rotatable bonds is 5. The van der Waals surface area contributed by atoms with E-state index in [1.807, 2.05) is 11.0 Å². The Bertz CT molecular complexity index is 623. The maximum absolute atomic E-state index is 14.0. The van der Waals surface area contributed by atoms with Crippen molar-refractivity contribution >= 4 is 6.03 Å². The topological polar surface area (TPSA) is 44.8 Å². The molecule has 0 saturated carbocycles. The van der Waals surface area contributed by atoms with Gasteiger partial charge in [-0.05, 0) is 69.9 Å². The summed E-state index contributed by atoms with van der Waals surface area (Å²) in [5, 5.41) is 3.12. The van der Waals surface area contributed by atoms with Crippen molar-refractivity contribution < 1.29 is 13.9 Å². The van der Waals surface area contributed by atoms with Crippen LogP contribution in [0.15, 0.2) is 18.2 Å². The van der Waals surface area contributed by atoms with Crippen LogP contribution in [0.1, 0.15) is 42.9 Å². The van der Waals surface area contributed by atoms with E-state index in [1.54, 1.807) is 6.07 Å². The van der Waals surface area contributed by atoms with Crippen LogP contribution in [-0.4, -0.2) is 62.3 Å². The minimum Gasteiger partial charge on any atom is -0.375 e. The molecule has 26 heavy (non-hydrogen) atoms. The van der Waals surface area contributed by atoms with E-state index >= 15 is 0 Å². The van der Waals surface area contributed by atoms with Crippen LogP contribution in [0.2, 0.25) is 0 Å². The highest BCUT2D eigenvalue weighted by Crippen LogP contribution is 2.31. The number of nitrogens with zero attached hydrogens (tertiary/aromatic N) is 2. The van der Waals surface area contributed by atoms with Crippen LogP contribution in [0.5, 0.6) is 0 Å². The van der Waals surface area contributed by atoms with E-state index in [1.165, 1.54) is 6.07 Å². The van der Waals surface area contributed by atoms with Crippen molar-refractivity contribution in [2.75, 3.05) is 40.3 Å². The summed E-state index contributed by atoms with van der Waals surface area (Å²) in [7, 11) is 4.12. The van der Waals surface area contributed by atoms with E-state index in [2.05, 4.69) is 24.3 Å². The summed E-state index contributed by atoms with van der Waals surface area (Å²) in [4.78, 5) is 16.8. The molecule has 1 aromatic rings. The average Bonchev–Trinajstić information content (AvgIpc) is 2.62. The van der Waals surface area contributed by atoms with Crippen molar-refractivity contribution in [1.29, 1.82) is 0 Å². The summed E-state index contributed by atoms with van der Waals surface area (Å²) >= 11 is 0. The summed E-state index contributed by atoms with van der Waals surface area (Å²) in [5.74, 6) is -0.159. The van der Waals surface area contributed by atoms with Crippen LogP contribution < -0.4 is 5.32 Å². The van der Waals surface area contributed by atoms with Gasteiger partial charge in [0.25, 0.3) is 0 Å². The predicted octanol–water partition coefficient (Wildman–Crippen LogP) is 2.96. The van der Waals surface area contributed by atoms with Gasteiger partial charge in [-0.25, -0.2) is 9.18 Å². The molecule has 2 unspecified atom stereocenters. The number of morpholine rings is 1. The highest BCUT2D eigenvalue weighted by molar-refractivity contribution is 5.75. The molecule has 6 heteroatoms. The lowest BCUT2D eigenvalue weighted by atomic mass is 9.87. The summed E-state index contributed by atoms with van der Waals surface area (Å²) < 4.78 is 19.8. The Morgan fingerprint density at radius 3 is 3.08 bits per heavy atom. The Hall–Kier alpha value is -1.66. The monoisotopic (exact) mass is 363 g/mol. The molecule has 0 radical (unpaired) electrons. The van der Waals surface area contributed by atoms with E-state index in [0.717, 1.165) is 49.8 Å². The average molecular weight is 363 g/mol. The lowest BCUT2D eigenvalue weighted by Gasteiger charge is -2.35. The van der Waals surface area contributed by atoms with Gasteiger partial charge in [0.05, 0.1) is 18.8 Å². The van der Waals surface area contributed by atoms with E-state index in [9.17, 15) is 9.18 Å². The molecule has 1 heterocycles. The van der Waals surface area contributed by atoms with Crippen LogP contribution in [-0.2, 0) is 11.2 Å². The van der Waals surface area contributed by atoms with Crippen molar-refractivity contribution in [3.63, 3.8) is 0 Å². The second-order valence-corrected chi connectivity index (χ2v) is 7.59. The molecule has 5 nitrogen and oxygen atoms in total. The predicted molar refractivity (Wildman–Crippen MR) is 99.7 cm³/mol. The highest BCUT2D eigenvalue weighted by Gasteiger charge is 2.28. The zero-order valence-electron chi connectivity index (χ0n) is 15.8. The number of fused-ring (bicyclic) bond motifs is 1. The number of benzene rings is 1. The third-order valence-electron chi connectivity index (χ3n) is 5.31. The summed E-state index contributed by atoms with van der Waals surface area (Å²) in [6.07, 6.45) is 4.63. The SMILES string of the molecule is CN(C)CCCC1CN(C(=O)NC2CCCc3c(F)cccc32)CCO1. The van der Waals surface area contributed by atoms with Gasteiger partial charge in [-0.3, -0.25) is 0 Å². The third kappa shape index (κ3) is 4.74. The molecule has 1 saturated heterocycles. The zero-order chi connectivity index (χ0) is 18.5. The number of nitrogens with one attached hydrogen (secondary N) is 1. The standard InChI is InChI=1S/C20H30FN3O2/c1-23(2)11-5-6-15-14-24(12-13-26-15)20(25)22-19-10-4-7-16-17(19)8-3-9-18(16)21/h3,8-9,15,19H,4-7,10-14H2,1-2H3,(H,22,25). The van der Waals surface area contributed by atoms with Gasteiger partial charge in [-0.15, -0.1) is 0 Å². The molecule has 2 atom stereocenters. The summed E-state index contributed by atoms with van der Waals surface area (Å²) in [6.45, 7) is 2.84. The van der Waals surface area contributed by atoms with Gasteiger partial charge in [0.1, 0.15) is 5.82 Å². The van der Waals surface area contributed by atoms with Gasteiger partial charge >= 0.3 is 6.03 Å². The Balaban J connectivity index is 1.56. The molecule has 0 aromatic heterocycles. The van der Waals surface area contributed by atoms with Crippen LogP contribution in [0.3, 0.4) is 0 Å².